The number of hydrogen-bond acceptors (Lipinski definition) is 8. The van der Waals surface area contributed by atoms with Gasteiger partial charge in [0, 0.05) is 37.1 Å². The van der Waals surface area contributed by atoms with Crippen LogP contribution in [-0.2, 0) is 12.8 Å². The number of H-pyrrole nitrogens is 1. The van der Waals surface area contributed by atoms with Gasteiger partial charge in [-0.2, -0.15) is 10.1 Å². The molecule has 0 amide bonds. The van der Waals surface area contributed by atoms with E-state index in [1.165, 1.54) is 22.3 Å². The largest absolute Gasteiger partial charge is 0.339 e. The molecule has 4 heterocycles. The second-order valence-corrected chi connectivity index (χ2v) is 11.3. The molecular weight excluding hydrogens is 512 g/mol. The molecule has 1 saturated heterocycles. The number of aromatic nitrogens is 6. The van der Waals surface area contributed by atoms with Crippen molar-refractivity contribution >= 4 is 23.2 Å². The first-order chi connectivity index (χ1) is 18.7. The number of hydrogen-bond donors (Lipinski definition) is 2. The molecule has 1 aromatic carbocycles. The fraction of sp³-hybridized carbons (Fsp3) is 0.483. The van der Waals surface area contributed by atoms with Gasteiger partial charge in [0.1, 0.15) is 10.8 Å². The SMILES string of the molecule is Cc1cc(Nc2nc(Cc3cc(C)c(C4CCN(CCc5nc(C(C)C)no5)CC4)cc3C)ncc2Cl)n[nH]1. The van der Waals surface area contributed by atoms with Crippen molar-refractivity contribution in [3.8, 4) is 0 Å². The Kier molecular flexibility index (Phi) is 8.28. The molecule has 39 heavy (non-hydrogen) atoms. The second-order valence-electron chi connectivity index (χ2n) is 10.9. The van der Waals surface area contributed by atoms with Crippen molar-refractivity contribution in [2.75, 3.05) is 25.0 Å². The Morgan fingerprint density at radius 3 is 2.59 bits per heavy atom. The van der Waals surface area contributed by atoms with E-state index in [1.54, 1.807) is 6.20 Å². The molecule has 206 valence electrons. The zero-order valence-corrected chi connectivity index (χ0v) is 24.1. The molecule has 3 aromatic heterocycles. The number of anilines is 2. The van der Waals surface area contributed by atoms with Gasteiger partial charge >= 0.3 is 0 Å². The van der Waals surface area contributed by atoms with Gasteiger partial charge in [-0.25, -0.2) is 9.97 Å². The van der Waals surface area contributed by atoms with Gasteiger partial charge in [-0.15, -0.1) is 0 Å². The number of halogens is 1. The van der Waals surface area contributed by atoms with Crippen LogP contribution in [0.2, 0.25) is 5.02 Å². The van der Waals surface area contributed by atoms with E-state index < -0.39 is 0 Å². The highest BCUT2D eigenvalue weighted by molar-refractivity contribution is 6.32. The molecule has 0 bridgehead atoms. The quantitative estimate of drug-likeness (QED) is 0.260. The molecule has 2 N–H and O–H groups in total. The van der Waals surface area contributed by atoms with Gasteiger partial charge in [0.05, 0.1) is 6.20 Å². The first kappa shape index (κ1) is 27.3. The Bertz CT molecular complexity index is 1420. The summed E-state index contributed by atoms with van der Waals surface area (Å²) in [6.45, 7) is 13.6. The molecule has 4 aromatic rings. The molecular formula is C29H37ClN8O. The van der Waals surface area contributed by atoms with E-state index in [-0.39, 0.29) is 0 Å². The van der Waals surface area contributed by atoms with Crippen LogP contribution in [0, 0.1) is 20.8 Å². The number of aryl methyl sites for hydroxylation is 3. The fourth-order valence-electron chi connectivity index (χ4n) is 5.20. The maximum Gasteiger partial charge on any atom is 0.227 e. The Morgan fingerprint density at radius 2 is 1.90 bits per heavy atom. The van der Waals surface area contributed by atoms with Gasteiger partial charge in [0.25, 0.3) is 0 Å². The van der Waals surface area contributed by atoms with E-state index in [0.29, 0.717) is 34.9 Å². The van der Waals surface area contributed by atoms with Crippen LogP contribution in [0.1, 0.15) is 84.0 Å². The third-order valence-corrected chi connectivity index (χ3v) is 7.77. The van der Waals surface area contributed by atoms with E-state index in [0.717, 1.165) is 62.1 Å². The predicted molar refractivity (Wildman–Crippen MR) is 153 cm³/mol. The van der Waals surface area contributed by atoms with Crippen LogP contribution in [0.15, 0.2) is 28.9 Å². The maximum atomic E-state index is 6.35. The number of benzene rings is 1. The number of nitrogens with zero attached hydrogens (tertiary/aromatic N) is 6. The highest BCUT2D eigenvalue weighted by Crippen LogP contribution is 2.33. The van der Waals surface area contributed by atoms with Crippen LogP contribution in [0.5, 0.6) is 0 Å². The zero-order chi connectivity index (χ0) is 27.5. The Labute approximate surface area is 234 Å². The highest BCUT2D eigenvalue weighted by Gasteiger charge is 2.23. The third kappa shape index (κ3) is 6.65. The monoisotopic (exact) mass is 548 g/mol. The van der Waals surface area contributed by atoms with Gasteiger partial charge in [-0.1, -0.05) is 42.7 Å². The number of rotatable bonds is 9. The summed E-state index contributed by atoms with van der Waals surface area (Å²) in [5.74, 6) is 4.36. The minimum absolute atomic E-state index is 0.293. The summed E-state index contributed by atoms with van der Waals surface area (Å²) in [5.41, 5.74) is 6.26. The second kappa shape index (κ2) is 11.8. The van der Waals surface area contributed by atoms with Crippen molar-refractivity contribution in [1.82, 2.24) is 35.2 Å². The first-order valence-electron chi connectivity index (χ1n) is 13.7. The lowest BCUT2D eigenvalue weighted by atomic mass is 9.84. The number of likely N-dealkylation sites (tertiary alicyclic amines) is 1. The van der Waals surface area contributed by atoms with Gasteiger partial charge in [0.15, 0.2) is 17.5 Å². The molecule has 0 saturated carbocycles. The van der Waals surface area contributed by atoms with Crippen molar-refractivity contribution in [3.63, 3.8) is 0 Å². The summed E-state index contributed by atoms with van der Waals surface area (Å²) in [7, 11) is 0. The Morgan fingerprint density at radius 1 is 1.10 bits per heavy atom. The van der Waals surface area contributed by atoms with Gasteiger partial charge in [-0.05, 0) is 74.9 Å². The van der Waals surface area contributed by atoms with Crippen molar-refractivity contribution in [3.05, 3.63) is 74.9 Å². The van der Waals surface area contributed by atoms with Crippen molar-refractivity contribution in [2.45, 2.75) is 72.1 Å². The summed E-state index contributed by atoms with van der Waals surface area (Å²) in [6.07, 6.45) is 5.41. The lowest BCUT2D eigenvalue weighted by Gasteiger charge is -2.33. The van der Waals surface area contributed by atoms with Crippen LogP contribution in [0.25, 0.3) is 0 Å². The minimum Gasteiger partial charge on any atom is -0.339 e. The van der Waals surface area contributed by atoms with Crippen molar-refractivity contribution in [2.24, 2.45) is 0 Å². The third-order valence-electron chi connectivity index (χ3n) is 7.49. The average Bonchev–Trinajstić information content (AvgIpc) is 3.56. The van der Waals surface area contributed by atoms with E-state index in [2.05, 4.69) is 80.4 Å². The van der Waals surface area contributed by atoms with Crippen LogP contribution in [0.4, 0.5) is 11.6 Å². The van der Waals surface area contributed by atoms with E-state index in [9.17, 15) is 0 Å². The molecule has 1 aliphatic rings. The van der Waals surface area contributed by atoms with Gasteiger partial charge < -0.3 is 14.7 Å². The number of nitrogens with one attached hydrogen (secondary N) is 2. The molecule has 0 aliphatic carbocycles. The number of piperidine rings is 1. The van der Waals surface area contributed by atoms with Crippen molar-refractivity contribution in [1.29, 1.82) is 0 Å². The maximum absolute atomic E-state index is 6.35. The standard InChI is InChI=1S/C29H37ClN8O/c1-17(2)28-34-27(39-37-28)8-11-38-9-6-21(7-10-38)23-13-18(3)22(12-19(23)4)15-25-31-16-24(30)29(32-25)33-26-14-20(5)35-36-26/h12-14,16-17,21H,6-11,15H2,1-5H3,(H2,31,32,33,35,36). The fourth-order valence-corrected chi connectivity index (χ4v) is 5.34. The molecule has 9 nitrogen and oxygen atoms in total. The molecule has 0 unspecified atom stereocenters. The summed E-state index contributed by atoms with van der Waals surface area (Å²) < 4.78 is 5.42. The average molecular weight is 549 g/mol. The predicted octanol–water partition coefficient (Wildman–Crippen LogP) is 6.04. The smallest absolute Gasteiger partial charge is 0.227 e. The van der Waals surface area contributed by atoms with Gasteiger partial charge in [0.2, 0.25) is 5.89 Å². The normalized spacial score (nSPS) is 14.8. The van der Waals surface area contributed by atoms with Crippen LogP contribution in [0.3, 0.4) is 0 Å². The van der Waals surface area contributed by atoms with Gasteiger partial charge in [-0.3, -0.25) is 5.10 Å². The molecule has 1 fully saturated rings. The minimum atomic E-state index is 0.293. The molecule has 0 spiro atoms. The van der Waals surface area contributed by atoms with E-state index in [1.807, 2.05) is 13.0 Å². The van der Waals surface area contributed by atoms with Crippen LogP contribution >= 0.6 is 11.6 Å². The summed E-state index contributed by atoms with van der Waals surface area (Å²) in [5, 5.41) is 14.9. The lowest BCUT2D eigenvalue weighted by molar-refractivity contribution is 0.207. The van der Waals surface area contributed by atoms with Crippen molar-refractivity contribution < 1.29 is 4.52 Å². The lowest BCUT2D eigenvalue weighted by Crippen LogP contribution is -2.34. The highest BCUT2D eigenvalue weighted by atomic mass is 35.5. The molecule has 5 rings (SSSR count). The van der Waals surface area contributed by atoms with E-state index >= 15 is 0 Å². The Hall–Kier alpha value is -3.30. The zero-order valence-electron chi connectivity index (χ0n) is 23.4. The first-order valence-corrected chi connectivity index (χ1v) is 14.1. The molecule has 1 aliphatic heterocycles. The number of aromatic amines is 1. The molecule has 0 radical (unpaired) electrons. The topological polar surface area (TPSA) is 109 Å². The Balaban J connectivity index is 1.19. The van der Waals surface area contributed by atoms with Crippen LogP contribution < -0.4 is 5.32 Å². The van der Waals surface area contributed by atoms with Crippen LogP contribution in [-0.4, -0.2) is 54.8 Å². The summed E-state index contributed by atoms with van der Waals surface area (Å²) in [6, 6.07) is 6.59. The molecule has 0 atom stereocenters. The summed E-state index contributed by atoms with van der Waals surface area (Å²) in [4.78, 5) is 16.2. The van der Waals surface area contributed by atoms with E-state index in [4.69, 9.17) is 16.1 Å². The molecule has 10 heteroatoms. The summed E-state index contributed by atoms with van der Waals surface area (Å²) >= 11 is 6.35.